The fourth-order valence-electron chi connectivity index (χ4n) is 4.41. The first-order valence-corrected chi connectivity index (χ1v) is 12.5. The van der Waals surface area contributed by atoms with E-state index in [2.05, 4.69) is 15.3 Å². The van der Waals surface area contributed by atoms with Crippen LogP contribution in [-0.4, -0.2) is 53.3 Å². The Morgan fingerprint density at radius 1 is 1.22 bits per heavy atom. The van der Waals surface area contributed by atoms with Crippen LogP contribution in [0.15, 0.2) is 60.8 Å². The van der Waals surface area contributed by atoms with Gasteiger partial charge in [0.25, 0.3) is 0 Å². The van der Waals surface area contributed by atoms with Gasteiger partial charge in [0, 0.05) is 35.9 Å². The van der Waals surface area contributed by atoms with Crippen molar-refractivity contribution >= 4 is 41.0 Å². The van der Waals surface area contributed by atoms with Gasteiger partial charge in [-0.1, -0.05) is 54.1 Å². The molecule has 1 aliphatic rings. The normalized spacial score (nSPS) is 15.7. The number of primary amides is 1. The topological polar surface area (TPSA) is 134 Å². The minimum atomic E-state index is -0.562. The number of hydrogen-bond acceptors (Lipinski definition) is 8. The molecule has 1 fully saturated rings. The summed E-state index contributed by atoms with van der Waals surface area (Å²) >= 11 is 6.05. The molecule has 2 unspecified atom stereocenters. The number of nitrogens with two attached hydrogens (primary N) is 1. The van der Waals surface area contributed by atoms with Gasteiger partial charge in [0.15, 0.2) is 0 Å². The highest BCUT2D eigenvalue weighted by Gasteiger charge is 2.32. The summed E-state index contributed by atoms with van der Waals surface area (Å²) in [6.07, 6.45) is 2.81. The van der Waals surface area contributed by atoms with Gasteiger partial charge in [-0.3, -0.25) is 4.79 Å². The van der Waals surface area contributed by atoms with Crippen molar-refractivity contribution in [1.29, 1.82) is 5.41 Å². The molecule has 2 aromatic carbocycles. The SMILES string of the molecule is CCOC(=O)c1cnc(N2CCCC2C(N)=O)nc1NCC(C(=N)c1ccc(Cl)cc1)c1ccccc1. The third-order valence-corrected chi connectivity index (χ3v) is 6.54. The summed E-state index contributed by atoms with van der Waals surface area (Å²) in [7, 11) is 0. The first-order chi connectivity index (χ1) is 17.9. The third kappa shape index (κ3) is 6.06. The molecule has 1 saturated heterocycles. The van der Waals surface area contributed by atoms with Gasteiger partial charge in [0.2, 0.25) is 11.9 Å². The number of aromatic nitrogens is 2. The predicted octanol–water partition coefficient (Wildman–Crippen LogP) is 4.02. The summed E-state index contributed by atoms with van der Waals surface area (Å²) in [6, 6.07) is 16.3. The molecule has 37 heavy (non-hydrogen) atoms. The second-order valence-corrected chi connectivity index (χ2v) is 9.11. The number of ether oxygens (including phenoxy) is 1. The Bertz CT molecular complexity index is 1270. The van der Waals surface area contributed by atoms with E-state index in [4.69, 9.17) is 27.5 Å². The van der Waals surface area contributed by atoms with Crippen molar-refractivity contribution in [2.24, 2.45) is 5.73 Å². The van der Waals surface area contributed by atoms with Crippen LogP contribution < -0.4 is 16.0 Å². The van der Waals surface area contributed by atoms with Crippen LogP contribution in [0.1, 0.15) is 47.2 Å². The minimum absolute atomic E-state index is 0.172. The lowest BCUT2D eigenvalue weighted by Crippen LogP contribution is -2.41. The quantitative estimate of drug-likeness (QED) is 0.271. The molecule has 4 N–H and O–H groups in total. The molecule has 9 nitrogen and oxygen atoms in total. The third-order valence-electron chi connectivity index (χ3n) is 6.29. The lowest BCUT2D eigenvalue weighted by atomic mass is 9.90. The van der Waals surface area contributed by atoms with Crippen molar-refractivity contribution in [3.05, 3.63) is 82.5 Å². The molecule has 1 aliphatic heterocycles. The molecule has 0 saturated carbocycles. The number of rotatable bonds is 10. The Hall–Kier alpha value is -3.98. The van der Waals surface area contributed by atoms with E-state index < -0.39 is 17.9 Å². The van der Waals surface area contributed by atoms with Crippen LogP contribution in [0.2, 0.25) is 5.02 Å². The highest BCUT2D eigenvalue weighted by atomic mass is 35.5. The molecular formula is C27H29ClN6O3. The minimum Gasteiger partial charge on any atom is -0.462 e. The van der Waals surface area contributed by atoms with Crippen LogP contribution in [0.5, 0.6) is 0 Å². The number of carbonyl (C=O) groups excluding carboxylic acids is 2. The maximum atomic E-state index is 12.7. The summed E-state index contributed by atoms with van der Waals surface area (Å²) in [5, 5.41) is 12.8. The molecule has 10 heteroatoms. The van der Waals surface area contributed by atoms with Crippen LogP contribution >= 0.6 is 11.6 Å². The number of nitrogens with one attached hydrogen (secondary N) is 2. The molecule has 4 rings (SSSR count). The number of amides is 1. The second-order valence-electron chi connectivity index (χ2n) is 8.67. The van der Waals surface area contributed by atoms with Gasteiger partial charge < -0.3 is 26.1 Å². The number of carbonyl (C=O) groups is 2. The van der Waals surface area contributed by atoms with E-state index in [0.29, 0.717) is 29.6 Å². The van der Waals surface area contributed by atoms with Crippen LogP contribution in [-0.2, 0) is 9.53 Å². The zero-order valence-electron chi connectivity index (χ0n) is 20.5. The maximum Gasteiger partial charge on any atom is 0.343 e. The Balaban J connectivity index is 1.67. The number of esters is 1. The molecule has 1 aromatic heterocycles. The average molecular weight is 521 g/mol. The summed E-state index contributed by atoms with van der Waals surface area (Å²) in [6.45, 7) is 2.78. The smallest absolute Gasteiger partial charge is 0.343 e. The van der Waals surface area contributed by atoms with Gasteiger partial charge in [-0.15, -0.1) is 0 Å². The van der Waals surface area contributed by atoms with Gasteiger partial charge in [0.05, 0.1) is 6.61 Å². The van der Waals surface area contributed by atoms with E-state index in [1.165, 1.54) is 6.20 Å². The lowest BCUT2D eigenvalue weighted by Gasteiger charge is -2.24. The summed E-state index contributed by atoms with van der Waals surface area (Å²) in [4.78, 5) is 35.3. The molecular weight excluding hydrogens is 492 g/mol. The average Bonchev–Trinajstić information content (AvgIpc) is 3.40. The maximum absolute atomic E-state index is 12.7. The molecule has 2 heterocycles. The standard InChI is InChI=1S/C27H29ClN6O3/c1-2-37-26(36)21-16-32-27(34-14-6-9-22(34)24(30)35)33-25(21)31-15-20(17-7-4-3-5-8-17)23(29)18-10-12-19(28)13-11-18/h3-5,7-8,10-13,16,20,22,29H,2,6,9,14-15H2,1H3,(H2,30,35)(H,31,32,33). The number of halogens is 1. The Kier molecular flexibility index (Phi) is 8.35. The van der Waals surface area contributed by atoms with E-state index in [1.807, 2.05) is 42.5 Å². The van der Waals surface area contributed by atoms with E-state index in [-0.39, 0.29) is 30.5 Å². The van der Waals surface area contributed by atoms with Crippen molar-refractivity contribution in [2.75, 3.05) is 29.9 Å². The van der Waals surface area contributed by atoms with Crippen LogP contribution in [0.3, 0.4) is 0 Å². The molecule has 0 bridgehead atoms. The zero-order chi connectivity index (χ0) is 26.4. The lowest BCUT2D eigenvalue weighted by molar-refractivity contribution is -0.119. The fraction of sp³-hybridized carbons (Fsp3) is 0.296. The van der Waals surface area contributed by atoms with Crippen molar-refractivity contribution in [3.8, 4) is 0 Å². The van der Waals surface area contributed by atoms with E-state index in [9.17, 15) is 9.59 Å². The molecule has 0 spiro atoms. The second kappa shape index (κ2) is 11.8. The molecule has 0 aliphatic carbocycles. The van der Waals surface area contributed by atoms with E-state index in [1.54, 1.807) is 24.0 Å². The van der Waals surface area contributed by atoms with Crippen molar-refractivity contribution < 1.29 is 14.3 Å². The number of hydrogen-bond donors (Lipinski definition) is 3. The van der Waals surface area contributed by atoms with Gasteiger partial charge in [-0.25, -0.2) is 9.78 Å². The summed E-state index contributed by atoms with van der Waals surface area (Å²) in [5.74, 6) is -0.788. The van der Waals surface area contributed by atoms with Crippen molar-refractivity contribution in [2.45, 2.75) is 31.7 Å². The van der Waals surface area contributed by atoms with Crippen molar-refractivity contribution in [3.63, 3.8) is 0 Å². The summed E-state index contributed by atoms with van der Waals surface area (Å²) in [5.41, 5.74) is 7.80. The van der Waals surface area contributed by atoms with Gasteiger partial charge >= 0.3 is 5.97 Å². The van der Waals surface area contributed by atoms with Gasteiger partial charge in [-0.2, -0.15) is 4.98 Å². The number of nitrogens with zero attached hydrogens (tertiary/aromatic N) is 3. The zero-order valence-corrected chi connectivity index (χ0v) is 21.2. The van der Waals surface area contributed by atoms with Crippen molar-refractivity contribution in [1.82, 2.24) is 9.97 Å². The molecule has 0 radical (unpaired) electrons. The summed E-state index contributed by atoms with van der Waals surface area (Å²) < 4.78 is 5.21. The van der Waals surface area contributed by atoms with E-state index in [0.717, 1.165) is 17.5 Å². The van der Waals surface area contributed by atoms with Crippen LogP contribution in [0.4, 0.5) is 11.8 Å². The Morgan fingerprint density at radius 3 is 2.62 bits per heavy atom. The fourth-order valence-corrected chi connectivity index (χ4v) is 4.53. The molecule has 3 aromatic rings. The van der Waals surface area contributed by atoms with Crippen LogP contribution in [0, 0.1) is 5.41 Å². The molecule has 192 valence electrons. The van der Waals surface area contributed by atoms with Gasteiger partial charge in [0.1, 0.15) is 17.4 Å². The number of anilines is 2. The Morgan fingerprint density at radius 2 is 1.95 bits per heavy atom. The first kappa shape index (κ1) is 26.1. The first-order valence-electron chi connectivity index (χ1n) is 12.1. The largest absolute Gasteiger partial charge is 0.462 e. The molecule has 2 atom stereocenters. The number of benzene rings is 2. The van der Waals surface area contributed by atoms with E-state index >= 15 is 0 Å². The highest BCUT2D eigenvalue weighted by Crippen LogP contribution is 2.27. The Labute approximate surface area is 220 Å². The van der Waals surface area contributed by atoms with Gasteiger partial charge in [-0.05, 0) is 43.0 Å². The van der Waals surface area contributed by atoms with Crippen LogP contribution in [0.25, 0.3) is 0 Å². The molecule has 1 amide bonds. The monoisotopic (exact) mass is 520 g/mol. The predicted molar refractivity (Wildman–Crippen MR) is 144 cm³/mol. The highest BCUT2D eigenvalue weighted by molar-refractivity contribution is 6.30.